The Hall–Kier alpha value is -1.31. The second-order valence-corrected chi connectivity index (χ2v) is 4.90. The zero-order chi connectivity index (χ0) is 11.7. The van der Waals surface area contributed by atoms with Crippen LogP contribution in [-0.4, -0.2) is 5.91 Å². The van der Waals surface area contributed by atoms with Crippen molar-refractivity contribution >= 4 is 11.6 Å². The van der Waals surface area contributed by atoms with E-state index in [1.807, 2.05) is 12.1 Å². The van der Waals surface area contributed by atoms with E-state index in [0.29, 0.717) is 0 Å². The number of nitrogens with one attached hydrogen (secondary N) is 1. The Morgan fingerprint density at radius 3 is 2.88 bits per heavy atom. The first-order valence-electron chi connectivity index (χ1n) is 5.76. The molecule has 1 amide bonds. The van der Waals surface area contributed by atoms with E-state index in [9.17, 15) is 4.79 Å². The van der Waals surface area contributed by atoms with Gasteiger partial charge in [-0.2, -0.15) is 0 Å². The highest BCUT2D eigenvalue weighted by atomic mass is 16.1. The first kappa shape index (κ1) is 11.2. The molecular formula is C14H18NO. The van der Waals surface area contributed by atoms with E-state index in [1.165, 1.54) is 17.0 Å². The van der Waals surface area contributed by atoms with Crippen molar-refractivity contribution in [2.75, 3.05) is 5.32 Å². The molecule has 2 heteroatoms. The molecule has 1 aromatic rings. The molecule has 1 aliphatic rings. The van der Waals surface area contributed by atoms with Crippen LogP contribution < -0.4 is 5.32 Å². The number of hydrogen-bond acceptors (Lipinski definition) is 1. The van der Waals surface area contributed by atoms with Crippen LogP contribution in [0.3, 0.4) is 0 Å². The van der Waals surface area contributed by atoms with Crippen molar-refractivity contribution in [1.82, 2.24) is 0 Å². The Balaban J connectivity index is 2.26. The molecule has 1 aliphatic heterocycles. The summed E-state index contributed by atoms with van der Waals surface area (Å²) in [5.74, 6) is 1.59. The monoisotopic (exact) mass is 216 g/mol. The fraction of sp³-hybridized carbons (Fsp3) is 0.429. The van der Waals surface area contributed by atoms with Crippen molar-refractivity contribution < 1.29 is 4.79 Å². The molecule has 0 aromatic heterocycles. The molecule has 0 spiro atoms. The van der Waals surface area contributed by atoms with Gasteiger partial charge >= 0.3 is 0 Å². The maximum absolute atomic E-state index is 11.9. The number of carbonyl (C=O) groups excluding carboxylic acids is 1. The van der Waals surface area contributed by atoms with Crippen molar-refractivity contribution in [3.05, 3.63) is 35.2 Å². The Kier molecular flexibility index (Phi) is 2.99. The molecule has 1 radical (unpaired) electrons. The molecule has 1 N–H and O–H groups in total. The molecule has 16 heavy (non-hydrogen) atoms. The lowest BCUT2D eigenvalue weighted by Gasteiger charge is -2.26. The van der Waals surface area contributed by atoms with Crippen LogP contribution in [0.25, 0.3) is 0 Å². The fourth-order valence-electron chi connectivity index (χ4n) is 2.32. The van der Waals surface area contributed by atoms with E-state index in [-0.39, 0.29) is 11.8 Å². The summed E-state index contributed by atoms with van der Waals surface area (Å²) >= 11 is 0. The van der Waals surface area contributed by atoms with Crippen LogP contribution in [0.15, 0.2) is 18.2 Å². The highest BCUT2D eigenvalue weighted by Gasteiger charge is 2.27. The minimum Gasteiger partial charge on any atom is -0.326 e. The van der Waals surface area contributed by atoms with Crippen molar-refractivity contribution in [1.29, 1.82) is 0 Å². The van der Waals surface area contributed by atoms with E-state index < -0.39 is 0 Å². The van der Waals surface area contributed by atoms with Crippen LogP contribution in [0.1, 0.15) is 31.4 Å². The molecule has 0 fully saturated rings. The van der Waals surface area contributed by atoms with Crippen LogP contribution >= 0.6 is 0 Å². The van der Waals surface area contributed by atoms with Gasteiger partial charge in [-0.1, -0.05) is 26.0 Å². The number of amides is 1. The molecule has 1 heterocycles. The van der Waals surface area contributed by atoms with Crippen molar-refractivity contribution in [2.45, 2.75) is 33.6 Å². The summed E-state index contributed by atoms with van der Waals surface area (Å²) in [7, 11) is 0. The van der Waals surface area contributed by atoms with Gasteiger partial charge in [-0.25, -0.2) is 0 Å². The maximum Gasteiger partial charge on any atom is 0.227 e. The minimum atomic E-state index is 0.110. The molecule has 2 nitrogen and oxygen atoms in total. The molecule has 85 valence electrons. The number of fused-ring (bicyclic) bond motifs is 1. The zero-order valence-electron chi connectivity index (χ0n) is 10.1. The van der Waals surface area contributed by atoms with Crippen LogP contribution in [-0.2, 0) is 11.2 Å². The summed E-state index contributed by atoms with van der Waals surface area (Å²) in [4.78, 5) is 11.9. The Morgan fingerprint density at radius 1 is 1.44 bits per heavy atom. The molecule has 0 saturated carbocycles. The molecule has 1 aromatic carbocycles. The maximum atomic E-state index is 11.9. The van der Waals surface area contributed by atoms with Crippen molar-refractivity contribution in [2.24, 2.45) is 5.92 Å². The third-order valence-electron chi connectivity index (χ3n) is 3.14. The SMILES string of the molecule is C[C](C)CC1Cc2c(C)cccc2NC1=O. The van der Waals surface area contributed by atoms with Crippen LogP contribution in [0.2, 0.25) is 0 Å². The molecule has 0 bridgehead atoms. The smallest absolute Gasteiger partial charge is 0.227 e. The van der Waals surface area contributed by atoms with Gasteiger partial charge in [0, 0.05) is 11.6 Å². The molecular weight excluding hydrogens is 198 g/mol. The van der Waals surface area contributed by atoms with Gasteiger partial charge in [-0.3, -0.25) is 4.79 Å². The summed E-state index contributed by atoms with van der Waals surface area (Å²) in [6.45, 7) is 6.27. The molecule has 0 aliphatic carbocycles. The number of anilines is 1. The van der Waals surface area contributed by atoms with Gasteiger partial charge in [0.1, 0.15) is 0 Å². The average Bonchev–Trinajstić information content (AvgIpc) is 2.20. The Bertz CT molecular complexity index is 409. The Labute approximate surface area is 97.1 Å². The van der Waals surface area contributed by atoms with E-state index >= 15 is 0 Å². The summed E-state index contributed by atoms with van der Waals surface area (Å²) in [5.41, 5.74) is 3.57. The largest absolute Gasteiger partial charge is 0.326 e. The molecule has 2 rings (SSSR count). The van der Waals surface area contributed by atoms with Gasteiger partial charge in [-0.15, -0.1) is 0 Å². The number of hydrogen-bond donors (Lipinski definition) is 1. The first-order chi connectivity index (χ1) is 7.58. The second-order valence-electron chi connectivity index (χ2n) is 4.90. The number of benzene rings is 1. The van der Waals surface area contributed by atoms with E-state index in [1.54, 1.807) is 0 Å². The van der Waals surface area contributed by atoms with E-state index in [2.05, 4.69) is 32.2 Å². The molecule has 1 unspecified atom stereocenters. The summed E-state index contributed by atoms with van der Waals surface area (Å²) in [6, 6.07) is 6.08. The minimum absolute atomic E-state index is 0.110. The zero-order valence-corrected chi connectivity index (χ0v) is 10.1. The number of aryl methyl sites for hydroxylation is 1. The van der Waals surface area contributed by atoms with Crippen LogP contribution in [0, 0.1) is 18.8 Å². The average molecular weight is 216 g/mol. The second kappa shape index (κ2) is 4.28. The predicted octanol–water partition coefficient (Wildman–Crippen LogP) is 3.11. The fourth-order valence-corrected chi connectivity index (χ4v) is 2.32. The number of rotatable bonds is 2. The highest BCUT2D eigenvalue weighted by molar-refractivity contribution is 5.96. The lowest BCUT2D eigenvalue weighted by Crippen LogP contribution is -2.31. The van der Waals surface area contributed by atoms with Crippen molar-refractivity contribution in [3.8, 4) is 0 Å². The summed E-state index contributed by atoms with van der Waals surface area (Å²) in [5, 5.41) is 3.00. The van der Waals surface area contributed by atoms with Gasteiger partial charge in [0.05, 0.1) is 0 Å². The van der Waals surface area contributed by atoms with E-state index in [0.717, 1.165) is 18.5 Å². The molecule has 0 saturated heterocycles. The number of carbonyl (C=O) groups is 1. The lowest BCUT2D eigenvalue weighted by atomic mass is 9.85. The lowest BCUT2D eigenvalue weighted by molar-refractivity contribution is -0.120. The normalized spacial score (nSPS) is 19.5. The Morgan fingerprint density at radius 2 is 2.19 bits per heavy atom. The van der Waals surface area contributed by atoms with Gasteiger partial charge < -0.3 is 5.32 Å². The molecule has 1 atom stereocenters. The van der Waals surface area contributed by atoms with Gasteiger partial charge in [0.15, 0.2) is 0 Å². The summed E-state index contributed by atoms with van der Waals surface area (Å²) in [6.07, 6.45) is 1.76. The van der Waals surface area contributed by atoms with Crippen LogP contribution in [0.4, 0.5) is 5.69 Å². The topological polar surface area (TPSA) is 29.1 Å². The highest BCUT2D eigenvalue weighted by Crippen LogP contribution is 2.31. The first-order valence-corrected chi connectivity index (χ1v) is 5.76. The van der Waals surface area contributed by atoms with Crippen LogP contribution in [0.5, 0.6) is 0 Å². The summed E-state index contributed by atoms with van der Waals surface area (Å²) < 4.78 is 0. The third kappa shape index (κ3) is 2.11. The van der Waals surface area contributed by atoms with Crippen molar-refractivity contribution in [3.63, 3.8) is 0 Å². The standard InChI is InChI=1S/C14H18NO/c1-9(2)7-11-8-12-10(3)5-4-6-13(12)15-14(11)16/h4-6,11H,7-8H2,1-3H3,(H,15,16). The predicted molar refractivity (Wildman–Crippen MR) is 66.2 cm³/mol. The quantitative estimate of drug-likeness (QED) is 0.808. The van der Waals surface area contributed by atoms with Gasteiger partial charge in [0.2, 0.25) is 5.91 Å². The van der Waals surface area contributed by atoms with E-state index in [4.69, 9.17) is 0 Å². The third-order valence-corrected chi connectivity index (χ3v) is 3.14. The van der Waals surface area contributed by atoms with Gasteiger partial charge in [-0.05, 0) is 42.9 Å². The van der Waals surface area contributed by atoms with Gasteiger partial charge in [0.25, 0.3) is 0 Å².